The molecule has 3 aromatic carbocycles. The zero-order valence-corrected chi connectivity index (χ0v) is 20.7. The van der Waals surface area contributed by atoms with Crippen LogP contribution in [0.3, 0.4) is 0 Å². The van der Waals surface area contributed by atoms with Crippen molar-refractivity contribution in [1.82, 2.24) is 9.55 Å². The van der Waals surface area contributed by atoms with Gasteiger partial charge in [0.15, 0.2) is 0 Å². The molecule has 0 fully saturated rings. The number of fused-ring (bicyclic) bond motifs is 1. The van der Waals surface area contributed by atoms with Crippen LogP contribution in [-0.4, -0.2) is 21.2 Å². The minimum atomic E-state index is -0.611. The summed E-state index contributed by atoms with van der Waals surface area (Å²) < 4.78 is 7.07. The fourth-order valence-corrected chi connectivity index (χ4v) is 3.96. The van der Waals surface area contributed by atoms with Crippen molar-refractivity contribution in [3.63, 3.8) is 0 Å². The van der Waals surface area contributed by atoms with E-state index in [4.69, 9.17) is 9.72 Å². The largest absolute Gasteiger partial charge is 0.444 e. The zero-order valence-electron chi connectivity index (χ0n) is 20.7. The lowest BCUT2D eigenvalue weighted by atomic mass is 10.0. The van der Waals surface area contributed by atoms with Gasteiger partial charge in [0.1, 0.15) is 11.4 Å². The van der Waals surface area contributed by atoms with Gasteiger partial charge in [-0.3, -0.25) is 14.7 Å². The van der Waals surface area contributed by atoms with Gasteiger partial charge in [-0.1, -0.05) is 61.5 Å². The number of carbonyl (C=O) groups is 1. The van der Waals surface area contributed by atoms with Gasteiger partial charge in [0.25, 0.3) is 5.56 Å². The summed E-state index contributed by atoms with van der Waals surface area (Å²) in [7, 11) is 0. The predicted octanol–water partition coefficient (Wildman–Crippen LogP) is 6.41. The zero-order chi connectivity index (χ0) is 25.0. The maximum atomic E-state index is 13.6. The molecule has 6 nitrogen and oxygen atoms in total. The van der Waals surface area contributed by atoms with Gasteiger partial charge in [0, 0.05) is 12.1 Å². The molecule has 180 valence electrons. The molecule has 0 atom stereocenters. The van der Waals surface area contributed by atoms with Crippen LogP contribution in [0.2, 0.25) is 0 Å². The van der Waals surface area contributed by atoms with Crippen LogP contribution in [0.5, 0.6) is 0 Å². The van der Waals surface area contributed by atoms with E-state index >= 15 is 0 Å². The molecule has 6 heteroatoms. The molecule has 1 heterocycles. The van der Waals surface area contributed by atoms with Crippen LogP contribution in [0.15, 0.2) is 77.6 Å². The average Bonchev–Trinajstić information content (AvgIpc) is 2.82. The fourth-order valence-electron chi connectivity index (χ4n) is 3.96. The SMILES string of the molecule is CCCc1nc2ccc(NC(=O)OC(C)(C)C)cc2c(=O)n1Cc1ccc(-c2ccccc2)cc1. The Morgan fingerprint density at radius 3 is 2.31 bits per heavy atom. The maximum absolute atomic E-state index is 13.6. The Labute approximate surface area is 205 Å². The first-order valence-corrected chi connectivity index (χ1v) is 11.9. The molecule has 4 aromatic rings. The standard InChI is InChI=1S/C29H31N3O3/c1-5-9-26-31-25-17-16-23(30-28(34)35-29(2,3)4)18-24(25)27(33)32(26)19-20-12-14-22(15-13-20)21-10-7-6-8-11-21/h6-8,10-18H,5,9,19H2,1-4H3,(H,30,34). The summed E-state index contributed by atoms with van der Waals surface area (Å²) in [4.78, 5) is 30.5. The first-order valence-electron chi connectivity index (χ1n) is 11.9. The first kappa shape index (κ1) is 24.2. The van der Waals surface area contributed by atoms with E-state index in [9.17, 15) is 9.59 Å². The van der Waals surface area contributed by atoms with E-state index in [0.29, 0.717) is 29.6 Å². The number of anilines is 1. The average molecular weight is 470 g/mol. The van der Waals surface area contributed by atoms with Crippen LogP contribution in [0.1, 0.15) is 45.5 Å². The normalized spacial score (nSPS) is 11.4. The fraction of sp³-hybridized carbons (Fsp3) is 0.276. The number of hydrogen-bond donors (Lipinski definition) is 1. The summed E-state index contributed by atoms with van der Waals surface area (Å²) in [6.45, 7) is 7.91. The second kappa shape index (κ2) is 10.1. The maximum Gasteiger partial charge on any atom is 0.412 e. The number of hydrogen-bond acceptors (Lipinski definition) is 4. The molecule has 0 saturated carbocycles. The van der Waals surface area contributed by atoms with Crippen molar-refractivity contribution in [3.05, 3.63) is 94.5 Å². The molecule has 0 aliphatic carbocycles. The van der Waals surface area contributed by atoms with Gasteiger partial charge in [-0.25, -0.2) is 9.78 Å². The highest BCUT2D eigenvalue weighted by atomic mass is 16.6. The van der Waals surface area contributed by atoms with Crippen molar-refractivity contribution in [2.45, 2.75) is 52.7 Å². The van der Waals surface area contributed by atoms with Crippen LogP contribution in [0, 0.1) is 0 Å². The molecule has 1 amide bonds. The molecule has 0 saturated heterocycles. The van der Waals surface area contributed by atoms with Crippen molar-refractivity contribution in [2.24, 2.45) is 0 Å². The van der Waals surface area contributed by atoms with Crippen LogP contribution in [0.25, 0.3) is 22.0 Å². The number of nitrogens with zero attached hydrogens (tertiary/aromatic N) is 2. The topological polar surface area (TPSA) is 73.2 Å². The Bertz CT molecular complexity index is 1390. The van der Waals surface area contributed by atoms with Gasteiger partial charge >= 0.3 is 6.09 Å². The molecule has 0 aliphatic heterocycles. The molecule has 4 rings (SSSR count). The summed E-state index contributed by atoms with van der Waals surface area (Å²) in [5.74, 6) is 0.755. The molecule has 0 bridgehead atoms. The number of ether oxygens (including phenoxy) is 1. The molecule has 0 radical (unpaired) electrons. The van der Waals surface area contributed by atoms with Crippen molar-refractivity contribution >= 4 is 22.7 Å². The smallest absolute Gasteiger partial charge is 0.412 e. The second-order valence-corrected chi connectivity index (χ2v) is 9.59. The van der Waals surface area contributed by atoms with Crippen molar-refractivity contribution in [2.75, 3.05) is 5.32 Å². The van der Waals surface area contributed by atoms with E-state index < -0.39 is 11.7 Å². The van der Waals surface area contributed by atoms with Crippen LogP contribution >= 0.6 is 0 Å². The third-order valence-corrected chi connectivity index (χ3v) is 5.55. The van der Waals surface area contributed by atoms with Crippen LogP contribution in [0.4, 0.5) is 10.5 Å². The lowest BCUT2D eigenvalue weighted by Gasteiger charge is -2.20. The van der Waals surface area contributed by atoms with Gasteiger partial charge < -0.3 is 4.74 Å². The highest BCUT2D eigenvalue weighted by Crippen LogP contribution is 2.21. The lowest BCUT2D eigenvalue weighted by Crippen LogP contribution is -2.28. The molecular formula is C29H31N3O3. The molecule has 0 spiro atoms. The van der Waals surface area contributed by atoms with Gasteiger partial charge in [-0.2, -0.15) is 0 Å². The molecular weight excluding hydrogens is 438 g/mol. The summed E-state index contributed by atoms with van der Waals surface area (Å²) >= 11 is 0. The molecule has 1 N–H and O–H groups in total. The van der Waals surface area contributed by atoms with E-state index in [1.807, 2.05) is 18.2 Å². The monoisotopic (exact) mass is 469 g/mol. The number of benzene rings is 3. The van der Waals surface area contributed by atoms with Gasteiger partial charge in [-0.05, 0) is 62.1 Å². The summed E-state index contributed by atoms with van der Waals surface area (Å²) in [5, 5.41) is 3.17. The third-order valence-electron chi connectivity index (χ3n) is 5.55. The van der Waals surface area contributed by atoms with E-state index in [-0.39, 0.29) is 5.56 Å². The number of rotatable bonds is 6. The van der Waals surface area contributed by atoms with Crippen molar-refractivity contribution < 1.29 is 9.53 Å². The number of aromatic nitrogens is 2. The van der Waals surface area contributed by atoms with Gasteiger partial charge in [-0.15, -0.1) is 0 Å². The van der Waals surface area contributed by atoms with E-state index in [1.165, 1.54) is 0 Å². The molecule has 35 heavy (non-hydrogen) atoms. The Morgan fingerprint density at radius 1 is 0.971 bits per heavy atom. The Kier molecular flexibility index (Phi) is 7.01. The summed E-state index contributed by atoms with van der Waals surface area (Å²) in [6, 6.07) is 23.6. The Hall–Kier alpha value is -3.93. The third kappa shape index (κ3) is 5.96. The van der Waals surface area contributed by atoms with Crippen LogP contribution in [-0.2, 0) is 17.7 Å². The number of carbonyl (C=O) groups excluding carboxylic acids is 1. The van der Waals surface area contributed by atoms with Crippen molar-refractivity contribution in [1.29, 1.82) is 0 Å². The predicted molar refractivity (Wildman–Crippen MR) is 141 cm³/mol. The Balaban J connectivity index is 1.66. The van der Waals surface area contributed by atoms with E-state index in [2.05, 4.69) is 48.6 Å². The number of aryl methyl sites for hydroxylation is 1. The molecule has 0 aliphatic rings. The van der Waals surface area contributed by atoms with E-state index in [0.717, 1.165) is 28.9 Å². The summed E-state index contributed by atoms with van der Waals surface area (Å²) in [6.07, 6.45) is 1.01. The van der Waals surface area contributed by atoms with Gasteiger partial charge in [0.05, 0.1) is 17.4 Å². The number of nitrogens with one attached hydrogen (secondary N) is 1. The lowest BCUT2D eigenvalue weighted by molar-refractivity contribution is 0.0636. The highest BCUT2D eigenvalue weighted by molar-refractivity contribution is 5.89. The highest BCUT2D eigenvalue weighted by Gasteiger charge is 2.17. The quantitative estimate of drug-likeness (QED) is 0.354. The first-order chi connectivity index (χ1) is 16.7. The minimum Gasteiger partial charge on any atom is -0.444 e. The van der Waals surface area contributed by atoms with Crippen LogP contribution < -0.4 is 10.9 Å². The van der Waals surface area contributed by atoms with E-state index in [1.54, 1.807) is 43.5 Å². The minimum absolute atomic E-state index is 0.126. The van der Waals surface area contributed by atoms with Crippen molar-refractivity contribution in [3.8, 4) is 11.1 Å². The molecule has 0 unspecified atom stereocenters. The number of amides is 1. The Morgan fingerprint density at radius 2 is 1.66 bits per heavy atom. The van der Waals surface area contributed by atoms with Gasteiger partial charge in [0.2, 0.25) is 0 Å². The summed E-state index contributed by atoms with van der Waals surface area (Å²) in [5.41, 5.74) is 3.67. The molecule has 1 aromatic heterocycles. The second-order valence-electron chi connectivity index (χ2n) is 9.59.